The molecule has 0 spiro atoms. The number of carbonyl (C=O) groups excluding carboxylic acids is 1. The van der Waals surface area contributed by atoms with E-state index in [-0.39, 0.29) is 21.8 Å². The summed E-state index contributed by atoms with van der Waals surface area (Å²) < 4.78 is 80.7. The van der Waals surface area contributed by atoms with E-state index in [9.17, 15) is 30.8 Å². The molecule has 51 heavy (non-hydrogen) atoms. The number of para-hydroxylation sites is 2. The van der Waals surface area contributed by atoms with Gasteiger partial charge in [0.15, 0.2) is 0 Å². The van der Waals surface area contributed by atoms with Crippen molar-refractivity contribution in [3.63, 3.8) is 0 Å². The summed E-state index contributed by atoms with van der Waals surface area (Å²) in [7, 11) is -5.68. The van der Waals surface area contributed by atoms with Gasteiger partial charge >= 0.3 is 15.5 Å². The van der Waals surface area contributed by atoms with Crippen molar-refractivity contribution in [1.29, 1.82) is 0 Å². The van der Waals surface area contributed by atoms with Crippen LogP contribution >= 0.6 is 11.6 Å². The van der Waals surface area contributed by atoms with Gasteiger partial charge in [-0.05, 0) is 118 Å². The van der Waals surface area contributed by atoms with Crippen molar-refractivity contribution in [2.75, 3.05) is 24.4 Å². The summed E-state index contributed by atoms with van der Waals surface area (Å²) in [4.78, 5) is 22.7. The van der Waals surface area contributed by atoms with E-state index in [4.69, 9.17) is 16.6 Å². The van der Waals surface area contributed by atoms with Crippen molar-refractivity contribution in [1.82, 2.24) is 19.4 Å². The van der Waals surface area contributed by atoms with E-state index >= 15 is 0 Å². The average molecular weight is 746 g/mol. The van der Waals surface area contributed by atoms with Crippen molar-refractivity contribution in [2.24, 2.45) is 0 Å². The van der Waals surface area contributed by atoms with Crippen LogP contribution in [0, 0.1) is 12.7 Å². The monoisotopic (exact) mass is 745 g/mol. The number of hydrogen-bond acceptors (Lipinski definition) is 5. The van der Waals surface area contributed by atoms with E-state index in [1.165, 1.54) is 35.2 Å². The van der Waals surface area contributed by atoms with Crippen LogP contribution in [-0.2, 0) is 15.4 Å². The molecule has 2 bridgehead atoms. The second-order valence-corrected chi connectivity index (χ2v) is 16.3. The standard InChI is InChI=1S/C37H40ClF4N5O3S/c1-24-43-33-8-2-3-9-34(33)47(24)30-22-28-11-12-29(23-30)46(28)17-5-14-36(25-6-4-7-26(39)20-25)15-18-45(19-16-36)35(48)31-21-27(10-13-32(31)38)44-51(49,50)37(40,41)42/h2-4,6-10,13,20-21,28-30,44H,5,11-12,14-19,22-23H2,1H3. The van der Waals surface area contributed by atoms with Gasteiger partial charge in [-0.3, -0.25) is 14.4 Å². The highest BCUT2D eigenvalue weighted by Gasteiger charge is 2.46. The first-order valence-electron chi connectivity index (χ1n) is 17.4. The van der Waals surface area contributed by atoms with Gasteiger partial charge in [0.2, 0.25) is 0 Å². The molecule has 4 heterocycles. The number of likely N-dealkylation sites (tertiary alicyclic amines) is 1. The lowest BCUT2D eigenvalue weighted by Gasteiger charge is -2.44. The summed E-state index contributed by atoms with van der Waals surface area (Å²) in [5, 5.41) is -0.00768. The molecule has 7 rings (SSSR count). The molecule has 272 valence electrons. The van der Waals surface area contributed by atoms with Crippen molar-refractivity contribution >= 4 is 44.3 Å². The SMILES string of the molecule is Cc1nc2ccccc2n1C1CC2CCC(C1)N2CCCC1(c2cccc(F)c2)CCN(C(=O)c2cc(NS(=O)(=O)C(F)(F)F)ccc2Cl)CC1. The van der Waals surface area contributed by atoms with Crippen LogP contribution in [0.3, 0.4) is 0 Å². The number of aromatic nitrogens is 2. The molecule has 14 heteroatoms. The topological polar surface area (TPSA) is 87.5 Å². The van der Waals surface area contributed by atoms with Crippen molar-refractivity contribution in [3.05, 3.63) is 94.5 Å². The Hall–Kier alpha value is -3.68. The minimum Gasteiger partial charge on any atom is -0.339 e. The summed E-state index contributed by atoms with van der Waals surface area (Å²) in [5.41, 5.74) is -3.31. The number of alkyl halides is 3. The van der Waals surface area contributed by atoms with E-state index < -0.39 is 27.1 Å². The lowest BCUT2D eigenvalue weighted by Crippen LogP contribution is -2.46. The zero-order valence-corrected chi connectivity index (χ0v) is 29.7. The van der Waals surface area contributed by atoms with Gasteiger partial charge in [-0.1, -0.05) is 35.9 Å². The molecule has 8 nitrogen and oxygen atoms in total. The molecule has 2 unspecified atom stereocenters. The van der Waals surface area contributed by atoms with Crippen LogP contribution < -0.4 is 4.72 Å². The fourth-order valence-electron chi connectivity index (χ4n) is 8.82. The summed E-state index contributed by atoms with van der Waals surface area (Å²) in [6.07, 6.45) is 7.31. The number of fused-ring (bicyclic) bond motifs is 3. The second kappa shape index (κ2) is 13.7. The first-order chi connectivity index (χ1) is 24.2. The number of halogens is 5. The summed E-state index contributed by atoms with van der Waals surface area (Å²) in [6, 6.07) is 19.6. The Morgan fingerprint density at radius 3 is 2.37 bits per heavy atom. The van der Waals surface area contributed by atoms with Crippen molar-refractivity contribution < 1.29 is 30.8 Å². The fraction of sp³-hybridized carbons (Fsp3) is 0.459. The molecular formula is C37H40ClF4N5O3S. The smallest absolute Gasteiger partial charge is 0.339 e. The number of rotatable bonds is 9. The molecule has 0 aliphatic carbocycles. The molecule has 1 aromatic heterocycles. The third-order valence-corrected chi connectivity index (χ3v) is 12.7. The number of imidazole rings is 1. The van der Waals surface area contributed by atoms with Gasteiger partial charge < -0.3 is 9.47 Å². The molecule has 0 saturated carbocycles. The number of benzene rings is 3. The number of amides is 1. The Morgan fingerprint density at radius 2 is 1.69 bits per heavy atom. The van der Waals surface area contributed by atoms with E-state index in [1.54, 1.807) is 17.0 Å². The number of nitrogens with zero attached hydrogens (tertiary/aromatic N) is 4. The van der Waals surface area contributed by atoms with Crippen LogP contribution in [-0.4, -0.2) is 70.9 Å². The maximum Gasteiger partial charge on any atom is 0.516 e. The molecular weight excluding hydrogens is 706 g/mol. The van der Waals surface area contributed by atoms with E-state index in [2.05, 4.69) is 34.6 Å². The van der Waals surface area contributed by atoms with Gasteiger partial charge in [0.1, 0.15) is 11.6 Å². The van der Waals surface area contributed by atoms with E-state index in [0.29, 0.717) is 44.1 Å². The lowest BCUT2D eigenvalue weighted by atomic mass is 9.69. The number of sulfonamides is 1. The van der Waals surface area contributed by atoms with Gasteiger partial charge in [-0.15, -0.1) is 0 Å². The molecule has 3 aliphatic heterocycles. The molecule has 3 saturated heterocycles. The number of hydrogen-bond donors (Lipinski definition) is 1. The van der Waals surface area contributed by atoms with Gasteiger partial charge in [0.05, 0.1) is 21.6 Å². The van der Waals surface area contributed by atoms with Gasteiger partial charge in [-0.25, -0.2) is 9.37 Å². The minimum atomic E-state index is -5.68. The predicted octanol–water partition coefficient (Wildman–Crippen LogP) is 8.22. The van der Waals surface area contributed by atoms with Crippen LogP contribution in [0.5, 0.6) is 0 Å². The fourth-order valence-corrected chi connectivity index (χ4v) is 9.57. The maximum atomic E-state index is 14.6. The van der Waals surface area contributed by atoms with E-state index in [1.807, 2.05) is 12.1 Å². The van der Waals surface area contributed by atoms with Crippen LogP contribution in [0.2, 0.25) is 5.02 Å². The van der Waals surface area contributed by atoms with Crippen LogP contribution in [0.4, 0.5) is 23.2 Å². The number of piperidine rings is 2. The molecule has 3 fully saturated rings. The van der Waals surface area contributed by atoms with E-state index in [0.717, 1.165) is 61.3 Å². The first kappa shape index (κ1) is 35.7. The van der Waals surface area contributed by atoms with Gasteiger partial charge in [-0.2, -0.15) is 21.6 Å². The molecule has 3 aliphatic rings. The lowest BCUT2D eigenvalue weighted by molar-refractivity contribution is -0.0429. The van der Waals surface area contributed by atoms with Gasteiger partial charge in [0, 0.05) is 36.9 Å². The predicted molar refractivity (Wildman–Crippen MR) is 189 cm³/mol. The largest absolute Gasteiger partial charge is 0.516 e. The number of nitrogens with one attached hydrogen (secondary N) is 1. The Labute approximate surface area is 299 Å². The normalized spacial score (nSPS) is 22.4. The molecule has 3 aromatic carbocycles. The molecule has 1 amide bonds. The summed E-state index contributed by atoms with van der Waals surface area (Å²) in [5.74, 6) is 0.218. The Balaban J connectivity index is 1.03. The van der Waals surface area contributed by atoms with Crippen molar-refractivity contribution in [2.45, 2.75) is 87.3 Å². The average Bonchev–Trinajstić information content (AvgIpc) is 3.54. The van der Waals surface area contributed by atoms with Crippen molar-refractivity contribution in [3.8, 4) is 0 Å². The number of aryl methyl sites for hydroxylation is 1. The first-order valence-corrected chi connectivity index (χ1v) is 19.2. The third-order valence-electron chi connectivity index (χ3n) is 11.3. The Kier molecular flexibility index (Phi) is 9.60. The highest BCUT2D eigenvalue weighted by atomic mass is 35.5. The highest BCUT2D eigenvalue weighted by molar-refractivity contribution is 7.93. The third kappa shape index (κ3) is 6.96. The maximum absolute atomic E-state index is 14.6. The Bertz CT molecular complexity index is 2030. The summed E-state index contributed by atoms with van der Waals surface area (Å²) in [6.45, 7) is 3.66. The Morgan fingerprint density at radius 1 is 0.980 bits per heavy atom. The second-order valence-electron chi connectivity index (χ2n) is 14.2. The minimum absolute atomic E-state index is 0.00768. The zero-order chi connectivity index (χ0) is 36.1. The van der Waals surface area contributed by atoms with Gasteiger partial charge in [0.25, 0.3) is 5.91 Å². The van der Waals surface area contributed by atoms with Crippen LogP contribution in [0.1, 0.15) is 79.2 Å². The molecule has 0 radical (unpaired) electrons. The number of carbonyl (C=O) groups is 1. The van der Waals surface area contributed by atoms with Crippen LogP contribution in [0.15, 0.2) is 66.7 Å². The number of anilines is 1. The van der Waals surface area contributed by atoms with Crippen LogP contribution in [0.25, 0.3) is 11.0 Å². The summed E-state index contributed by atoms with van der Waals surface area (Å²) >= 11 is 6.29. The molecule has 2 atom stereocenters. The quantitative estimate of drug-likeness (QED) is 0.175. The zero-order valence-electron chi connectivity index (χ0n) is 28.2. The molecule has 1 N–H and O–H groups in total. The molecule has 4 aromatic rings. The highest BCUT2D eigenvalue weighted by Crippen LogP contribution is 2.44.